The van der Waals surface area contributed by atoms with Crippen molar-refractivity contribution in [1.29, 1.82) is 0 Å². The number of nitrogens with zero attached hydrogens (tertiary/aromatic N) is 2. The normalized spacial score (nSPS) is 12.1. The van der Waals surface area contributed by atoms with Crippen LogP contribution in [0, 0.1) is 0 Å². The SMILES string of the molecule is CC(C(=O)Nc1nncs1)c1cccc(N)c1. The maximum absolute atomic E-state index is 11.9. The minimum atomic E-state index is -0.276. The number of hydrogen-bond donors (Lipinski definition) is 2. The summed E-state index contributed by atoms with van der Waals surface area (Å²) < 4.78 is 0. The number of carbonyl (C=O) groups is 1. The average Bonchev–Trinajstić information content (AvgIpc) is 2.80. The molecular formula is C11H12N4OS. The first-order valence-corrected chi connectivity index (χ1v) is 5.97. The van der Waals surface area contributed by atoms with Crippen LogP contribution in [0.25, 0.3) is 0 Å². The standard InChI is InChI=1S/C11H12N4OS/c1-7(8-3-2-4-9(12)5-8)10(16)14-11-15-13-6-17-11/h2-7H,12H2,1H3,(H,14,15,16). The minimum absolute atomic E-state index is 0.118. The maximum atomic E-state index is 11.9. The van der Waals surface area contributed by atoms with E-state index in [-0.39, 0.29) is 11.8 Å². The van der Waals surface area contributed by atoms with Crippen LogP contribution in [0.2, 0.25) is 0 Å². The van der Waals surface area contributed by atoms with Crippen LogP contribution in [0.15, 0.2) is 29.8 Å². The molecule has 1 heterocycles. The molecule has 0 spiro atoms. The fourth-order valence-electron chi connectivity index (χ4n) is 1.42. The van der Waals surface area contributed by atoms with Crippen molar-refractivity contribution >= 4 is 28.1 Å². The second-order valence-electron chi connectivity index (χ2n) is 3.62. The van der Waals surface area contributed by atoms with Crippen LogP contribution >= 0.6 is 11.3 Å². The number of hydrogen-bond acceptors (Lipinski definition) is 5. The van der Waals surface area contributed by atoms with Crippen molar-refractivity contribution in [2.75, 3.05) is 11.1 Å². The summed E-state index contributed by atoms with van der Waals surface area (Å²) in [6.07, 6.45) is 0. The first-order chi connectivity index (χ1) is 8.16. The summed E-state index contributed by atoms with van der Waals surface area (Å²) in [5, 5.41) is 10.6. The highest BCUT2D eigenvalue weighted by Gasteiger charge is 2.16. The summed E-state index contributed by atoms with van der Waals surface area (Å²) in [5.74, 6) is -0.394. The number of rotatable bonds is 3. The first-order valence-electron chi connectivity index (χ1n) is 5.09. The van der Waals surface area contributed by atoms with Crippen molar-refractivity contribution < 1.29 is 4.79 Å². The zero-order valence-electron chi connectivity index (χ0n) is 9.25. The van der Waals surface area contributed by atoms with Gasteiger partial charge in [-0.3, -0.25) is 4.79 Å². The lowest BCUT2D eigenvalue weighted by atomic mass is 10.00. The van der Waals surface area contributed by atoms with Crippen LogP contribution in [-0.4, -0.2) is 16.1 Å². The van der Waals surface area contributed by atoms with Crippen molar-refractivity contribution in [3.05, 3.63) is 35.3 Å². The zero-order valence-corrected chi connectivity index (χ0v) is 10.1. The minimum Gasteiger partial charge on any atom is -0.399 e. The number of nitrogens with two attached hydrogens (primary N) is 1. The molecule has 2 rings (SSSR count). The lowest BCUT2D eigenvalue weighted by Gasteiger charge is -2.11. The Balaban J connectivity index is 2.09. The molecule has 0 saturated heterocycles. The van der Waals surface area contributed by atoms with E-state index in [1.165, 1.54) is 11.3 Å². The van der Waals surface area contributed by atoms with Crippen LogP contribution in [0.1, 0.15) is 18.4 Å². The fourth-order valence-corrected chi connectivity index (χ4v) is 1.87. The molecule has 0 bridgehead atoms. The fraction of sp³-hybridized carbons (Fsp3) is 0.182. The van der Waals surface area contributed by atoms with Crippen LogP contribution in [0.3, 0.4) is 0 Å². The van der Waals surface area contributed by atoms with E-state index in [1.807, 2.05) is 19.1 Å². The number of amides is 1. The van der Waals surface area contributed by atoms with Gasteiger partial charge in [-0.1, -0.05) is 23.5 Å². The van der Waals surface area contributed by atoms with E-state index in [2.05, 4.69) is 15.5 Å². The molecule has 2 aromatic rings. The van der Waals surface area contributed by atoms with Gasteiger partial charge in [-0.05, 0) is 24.6 Å². The van der Waals surface area contributed by atoms with Gasteiger partial charge in [-0.25, -0.2) is 0 Å². The van der Waals surface area contributed by atoms with Crippen LogP contribution in [0.4, 0.5) is 10.8 Å². The van der Waals surface area contributed by atoms with Crippen molar-refractivity contribution in [3.63, 3.8) is 0 Å². The first kappa shape index (κ1) is 11.5. The number of anilines is 2. The molecule has 0 aliphatic carbocycles. The van der Waals surface area contributed by atoms with Gasteiger partial charge in [0.05, 0.1) is 5.92 Å². The van der Waals surface area contributed by atoms with Gasteiger partial charge in [-0.15, -0.1) is 10.2 Å². The molecule has 1 amide bonds. The van der Waals surface area contributed by atoms with E-state index in [4.69, 9.17) is 5.73 Å². The lowest BCUT2D eigenvalue weighted by molar-refractivity contribution is -0.117. The predicted molar refractivity (Wildman–Crippen MR) is 67.8 cm³/mol. The second kappa shape index (κ2) is 4.92. The van der Waals surface area contributed by atoms with Crippen molar-refractivity contribution in [2.24, 2.45) is 0 Å². The van der Waals surface area contributed by atoms with Gasteiger partial charge >= 0.3 is 0 Å². The molecule has 5 nitrogen and oxygen atoms in total. The molecule has 6 heteroatoms. The third-order valence-electron chi connectivity index (χ3n) is 2.39. The molecule has 17 heavy (non-hydrogen) atoms. The van der Waals surface area contributed by atoms with Crippen molar-refractivity contribution in [3.8, 4) is 0 Å². The Morgan fingerprint density at radius 2 is 2.35 bits per heavy atom. The van der Waals surface area contributed by atoms with Gasteiger partial charge in [-0.2, -0.15) is 0 Å². The Hall–Kier alpha value is -1.95. The molecule has 1 aromatic carbocycles. The summed E-state index contributed by atoms with van der Waals surface area (Å²) in [7, 11) is 0. The third-order valence-corrected chi connectivity index (χ3v) is 3.00. The second-order valence-corrected chi connectivity index (χ2v) is 4.46. The van der Waals surface area contributed by atoms with E-state index in [9.17, 15) is 4.79 Å². The van der Waals surface area contributed by atoms with Gasteiger partial charge in [0.1, 0.15) is 5.51 Å². The molecular weight excluding hydrogens is 236 g/mol. The smallest absolute Gasteiger partial charge is 0.233 e. The lowest BCUT2D eigenvalue weighted by Crippen LogP contribution is -2.18. The van der Waals surface area contributed by atoms with Crippen LogP contribution in [-0.2, 0) is 4.79 Å². The Bertz CT molecular complexity index is 512. The number of nitrogens with one attached hydrogen (secondary N) is 1. The highest BCUT2D eigenvalue weighted by molar-refractivity contribution is 7.13. The molecule has 88 valence electrons. The summed E-state index contributed by atoms with van der Waals surface area (Å²) in [6.45, 7) is 1.82. The van der Waals surface area contributed by atoms with Gasteiger partial charge in [0.2, 0.25) is 11.0 Å². The predicted octanol–water partition coefficient (Wildman–Crippen LogP) is 1.86. The summed E-state index contributed by atoms with van der Waals surface area (Å²) >= 11 is 1.29. The number of benzene rings is 1. The Labute approximate surface area is 103 Å². The molecule has 0 saturated carbocycles. The number of nitrogen functional groups attached to an aromatic ring is 1. The maximum Gasteiger partial charge on any atom is 0.233 e. The highest BCUT2D eigenvalue weighted by Crippen LogP contribution is 2.20. The van der Waals surface area contributed by atoms with Crippen LogP contribution < -0.4 is 11.1 Å². The number of carbonyl (C=O) groups excluding carboxylic acids is 1. The third kappa shape index (κ3) is 2.79. The molecule has 3 N–H and O–H groups in total. The summed E-state index contributed by atoms with van der Waals surface area (Å²) in [5.41, 5.74) is 8.78. The quantitative estimate of drug-likeness (QED) is 0.812. The zero-order chi connectivity index (χ0) is 12.3. The largest absolute Gasteiger partial charge is 0.399 e. The van der Waals surface area contributed by atoms with E-state index in [1.54, 1.807) is 17.6 Å². The van der Waals surface area contributed by atoms with Crippen molar-refractivity contribution in [1.82, 2.24) is 10.2 Å². The topological polar surface area (TPSA) is 80.9 Å². The van der Waals surface area contributed by atoms with E-state index >= 15 is 0 Å². The molecule has 1 atom stereocenters. The Morgan fingerprint density at radius 3 is 3.00 bits per heavy atom. The molecule has 1 unspecified atom stereocenters. The molecule has 0 radical (unpaired) electrons. The van der Waals surface area contributed by atoms with E-state index in [0.717, 1.165) is 5.56 Å². The molecule has 0 fully saturated rings. The summed E-state index contributed by atoms with van der Waals surface area (Å²) in [6, 6.07) is 7.29. The average molecular weight is 248 g/mol. The number of aromatic nitrogens is 2. The molecule has 0 aliphatic rings. The molecule has 1 aromatic heterocycles. The van der Waals surface area contributed by atoms with Crippen LogP contribution in [0.5, 0.6) is 0 Å². The van der Waals surface area contributed by atoms with Gasteiger partial charge in [0.25, 0.3) is 0 Å². The highest BCUT2D eigenvalue weighted by atomic mass is 32.1. The van der Waals surface area contributed by atoms with E-state index < -0.39 is 0 Å². The summed E-state index contributed by atoms with van der Waals surface area (Å²) in [4.78, 5) is 11.9. The van der Waals surface area contributed by atoms with Crippen molar-refractivity contribution in [2.45, 2.75) is 12.8 Å². The monoisotopic (exact) mass is 248 g/mol. The van der Waals surface area contributed by atoms with Gasteiger partial charge in [0.15, 0.2) is 0 Å². The Morgan fingerprint density at radius 1 is 1.53 bits per heavy atom. The van der Waals surface area contributed by atoms with Gasteiger partial charge < -0.3 is 11.1 Å². The molecule has 0 aliphatic heterocycles. The Kier molecular flexibility index (Phi) is 3.34. The van der Waals surface area contributed by atoms with Gasteiger partial charge in [0, 0.05) is 5.69 Å². The van der Waals surface area contributed by atoms with E-state index in [0.29, 0.717) is 10.8 Å².